The maximum absolute atomic E-state index is 11.6. The predicted octanol–water partition coefficient (Wildman–Crippen LogP) is 2.72. The standard InChI is InChI=1S/C20H25N3O3/c1-2-25-20(24)14-23-9-7-15(8-10-23)11-18-12-19(22-26-18)17-5-3-16(13-21)4-6-17/h3-6,15,18H,2,7-12,14H2,1H3. The lowest BCUT2D eigenvalue weighted by molar-refractivity contribution is -0.144. The highest BCUT2D eigenvalue weighted by atomic mass is 16.6. The minimum atomic E-state index is -0.134. The lowest BCUT2D eigenvalue weighted by atomic mass is 9.89. The van der Waals surface area contributed by atoms with Crippen molar-refractivity contribution in [1.29, 1.82) is 5.26 Å². The van der Waals surface area contributed by atoms with Crippen LogP contribution in [0.2, 0.25) is 0 Å². The predicted molar refractivity (Wildman–Crippen MR) is 97.6 cm³/mol. The van der Waals surface area contributed by atoms with Gasteiger partial charge in [0.2, 0.25) is 0 Å². The smallest absolute Gasteiger partial charge is 0.320 e. The molecule has 1 unspecified atom stereocenters. The van der Waals surface area contributed by atoms with Gasteiger partial charge in [0.05, 0.1) is 30.5 Å². The number of hydrogen-bond donors (Lipinski definition) is 0. The Morgan fingerprint density at radius 3 is 2.73 bits per heavy atom. The summed E-state index contributed by atoms with van der Waals surface area (Å²) in [6, 6.07) is 9.60. The van der Waals surface area contributed by atoms with E-state index in [9.17, 15) is 4.79 Å². The Bertz CT molecular complexity index is 685. The zero-order chi connectivity index (χ0) is 18.4. The molecule has 0 radical (unpaired) electrons. The number of benzene rings is 1. The van der Waals surface area contributed by atoms with E-state index in [2.05, 4.69) is 16.1 Å². The Morgan fingerprint density at radius 1 is 1.35 bits per heavy atom. The second-order valence-electron chi connectivity index (χ2n) is 6.92. The molecule has 2 aliphatic rings. The highest BCUT2D eigenvalue weighted by molar-refractivity contribution is 6.01. The molecule has 1 aromatic carbocycles. The van der Waals surface area contributed by atoms with Crippen LogP contribution in [0.15, 0.2) is 29.4 Å². The van der Waals surface area contributed by atoms with Gasteiger partial charge in [-0.2, -0.15) is 5.26 Å². The lowest BCUT2D eigenvalue weighted by Crippen LogP contribution is -2.38. The summed E-state index contributed by atoms with van der Waals surface area (Å²) in [4.78, 5) is 19.4. The van der Waals surface area contributed by atoms with Gasteiger partial charge in [0.1, 0.15) is 6.10 Å². The highest BCUT2D eigenvalue weighted by Crippen LogP contribution is 2.28. The van der Waals surface area contributed by atoms with E-state index < -0.39 is 0 Å². The van der Waals surface area contributed by atoms with Crippen LogP contribution in [0.25, 0.3) is 0 Å². The molecule has 138 valence electrons. The molecule has 6 nitrogen and oxygen atoms in total. The van der Waals surface area contributed by atoms with Gasteiger partial charge in [0.25, 0.3) is 0 Å². The summed E-state index contributed by atoms with van der Waals surface area (Å²) in [6.45, 7) is 4.53. The van der Waals surface area contributed by atoms with E-state index in [4.69, 9.17) is 14.8 Å². The molecule has 26 heavy (non-hydrogen) atoms. The maximum Gasteiger partial charge on any atom is 0.320 e. The van der Waals surface area contributed by atoms with Gasteiger partial charge in [0.15, 0.2) is 0 Å². The molecule has 2 heterocycles. The molecule has 0 bridgehead atoms. The number of hydrogen-bond acceptors (Lipinski definition) is 6. The van der Waals surface area contributed by atoms with Crippen LogP contribution < -0.4 is 0 Å². The normalized spacial score (nSPS) is 20.9. The van der Waals surface area contributed by atoms with Crippen molar-refractivity contribution in [3.63, 3.8) is 0 Å². The fraction of sp³-hybridized carbons (Fsp3) is 0.550. The quantitative estimate of drug-likeness (QED) is 0.734. The molecule has 3 rings (SSSR count). The maximum atomic E-state index is 11.6. The van der Waals surface area contributed by atoms with Crippen LogP contribution in [0.4, 0.5) is 0 Å². The molecule has 0 aliphatic carbocycles. The Hall–Kier alpha value is -2.39. The van der Waals surface area contributed by atoms with E-state index >= 15 is 0 Å². The highest BCUT2D eigenvalue weighted by Gasteiger charge is 2.28. The molecule has 1 aromatic rings. The number of nitriles is 1. The number of rotatable bonds is 6. The number of carbonyl (C=O) groups is 1. The fourth-order valence-electron chi connectivity index (χ4n) is 3.60. The second kappa shape index (κ2) is 8.81. The van der Waals surface area contributed by atoms with Crippen molar-refractivity contribution in [3.8, 4) is 6.07 Å². The first-order chi connectivity index (χ1) is 12.7. The van der Waals surface area contributed by atoms with E-state index in [1.807, 2.05) is 31.2 Å². The molecular formula is C20H25N3O3. The zero-order valence-corrected chi connectivity index (χ0v) is 15.2. The number of oxime groups is 1. The SMILES string of the molecule is CCOC(=O)CN1CCC(CC2CC(c3ccc(C#N)cc3)=NO2)CC1. The van der Waals surface area contributed by atoms with Crippen molar-refractivity contribution in [2.24, 2.45) is 11.1 Å². The first-order valence-corrected chi connectivity index (χ1v) is 9.29. The van der Waals surface area contributed by atoms with Crippen LogP contribution in [0, 0.1) is 17.2 Å². The molecule has 0 aromatic heterocycles. The summed E-state index contributed by atoms with van der Waals surface area (Å²) >= 11 is 0. The average Bonchev–Trinajstić information content (AvgIpc) is 3.12. The number of likely N-dealkylation sites (tertiary alicyclic amines) is 1. The minimum absolute atomic E-state index is 0.127. The molecule has 1 atom stereocenters. The number of ether oxygens (including phenoxy) is 1. The Balaban J connectivity index is 1.41. The summed E-state index contributed by atoms with van der Waals surface area (Å²) in [7, 11) is 0. The van der Waals surface area contributed by atoms with Crippen LogP contribution >= 0.6 is 0 Å². The number of nitrogens with zero attached hydrogens (tertiary/aromatic N) is 3. The Labute approximate surface area is 154 Å². The fourth-order valence-corrected chi connectivity index (χ4v) is 3.60. The molecule has 0 saturated carbocycles. The van der Waals surface area contributed by atoms with Crippen molar-refractivity contribution in [2.45, 2.75) is 38.7 Å². The Morgan fingerprint density at radius 2 is 2.08 bits per heavy atom. The monoisotopic (exact) mass is 355 g/mol. The van der Waals surface area contributed by atoms with Crippen LogP contribution in [0.5, 0.6) is 0 Å². The van der Waals surface area contributed by atoms with Crippen LogP contribution in [-0.2, 0) is 14.4 Å². The van der Waals surface area contributed by atoms with Crippen LogP contribution in [-0.4, -0.2) is 48.9 Å². The van der Waals surface area contributed by atoms with Crippen molar-refractivity contribution in [3.05, 3.63) is 35.4 Å². The zero-order valence-electron chi connectivity index (χ0n) is 15.2. The molecule has 1 saturated heterocycles. The van der Waals surface area contributed by atoms with E-state index in [-0.39, 0.29) is 12.1 Å². The van der Waals surface area contributed by atoms with Crippen LogP contribution in [0.1, 0.15) is 43.7 Å². The van der Waals surface area contributed by atoms with Gasteiger partial charge >= 0.3 is 5.97 Å². The first kappa shape index (κ1) is 18.4. The Kier molecular flexibility index (Phi) is 6.24. The van der Waals surface area contributed by atoms with Gasteiger partial charge in [-0.25, -0.2) is 0 Å². The van der Waals surface area contributed by atoms with E-state index in [1.165, 1.54) is 0 Å². The largest absolute Gasteiger partial charge is 0.465 e. The lowest BCUT2D eigenvalue weighted by Gasteiger charge is -2.31. The second-order valence-corrected chi connectivity index (χ2v) is 6.92. The van der Waals surface area contributed by atoms with Gasteiger partial charge in [-0.05, 0) is 62.9 Å². The third-order valence-electron chi connectivity index (χ3n) is 5.04. The van der Waals surface area contributed by atoms with Crippen molar-refractivity contribution >= 4 is 11.7 Å². The minimum Gasteiger partial charge on any atom is -0.465 e. The van der Waals surface area contributed by atoms with Gasteiger partial charge < -0.3 is 9.57 Å². The van der Waals surface area contributed by atoms with Gasteiger partial charge in [-0.3, -0.25) is 9.69 Å². The third-order valence-corrected chi connectivity index (χ3v) is 5.04. The van der Waals surface area contributed by atoms with Crippen molar-refractivity contribution < 1.29 is 14.4 Å². The van der Waals surface area contributed by atoms with E-state index in [1.54, 1.807) is 0 Å². The summed E-state index contributed by atoms with van der Waals surface area (Å²) < 4.78 is 5.01. The van der Waals surface area contributed by atoms with E-state index in [0.717, 1.165) is 50.0 Å². The summed E-state index contributed by atoms with van der Waals surface area (Å²) in [5.41, 5.74) is 2.63. The van der Waals surface area contributed by atoms with Crippen LogP contribution in [0.3, 0.4) is 0 Å². The number of esters is 1. The molecule has 2 aliphatic heterocycles. The number of piperidine rings is 1. The van der Waals surface area contributed by atoms with Gasteiger partial charge in [-0.1, -0.05) is 17.3 Å². The number of carbonyl (C=O) groups excluding carboxylic acids is 1. The first-order valence-electron chi connectivity index (χ1n) is 9.29. The van der Waals surface area contributed by atoms with Gasteiger partial charge in [0, 0.05) is 6.42 Å². The molecule has 0 N–H and O–H groups in total. The third kappa shape index (κ3) is 4.83. The van der Waals surface area contributed by atoms with E-state index in [0.29, 0.717) is 24.6 Å². The summed E-state index contributed by atoms with van der Waals surface area (Å²) in [6.07, 6.45) is 4.09. The molecule has 0 amide bonds. The molecule has 0 spiro atoms. The topological polar surface area (TPSA) is 74.9 Å². The average molecular weight is 355 g/mol. The van der Waals surface area contributed by atoms with Crippen molar-refractivity contribution in [1.82, 2.24) is 4.90 Å². The molecular weight excluding hydrogens is 330 g/mol. The molecule has 1 fully saturated rings. The summed E-state index contributed by atoms with van der Waals surface area (Å²) in [5.74, 6) is 0.472. The van der Waals surface area contributed by atoms with Crippen molar-refractivity contribution in [2.75, 3.05) is 26.2 Å². The molecule has 6 heteroatoms. The van der Waals surface area contributed by atoms with Gasteiger partial charge in [-0.15, -0.1) is 0 Å². The summed E-state index contributed by atoms with van der Waals surface area (Å²) in [5, 5.41) is 13.1.